The first-order chi connectivity index (χ1) is 11.4. The van der Waals surface area contributed by atoms with Gasteiger partial charge in [-0.05, 0) is 30.5 Å². The summed E-state index contributed by atoms with van der Waals surface area (Å²) in [5.74, 6) is 0. The lowest BCUT2D eigenvalue weighted by molar-refractivity contribution is 0.462. The van der Waals surface area contributed by atoms with Crippen molar-refractivity contribution in [1.82, 2.24) is 10.2 Å². The Kier molecular flexibility index (Phi) is 4.71. The molecule has 2 N–H and O–H groups in total. The van der Waals surface area contributed by atoms with Gasteiger partial charge in [-0.2, -0.15) is 5.10 Å². The van der Waals surface area contributed by atoms with Crippen molar-refractivity contribution in [1.29, 1.82) is 0 Å². The molecule has 1 heterocycles. The smallest absolute Gasteiger partial charge is 0.288 e. The second kappa shape index (κ2) is 6.76. The van der Waals surface area contributed by atoms with Crippen LogP contribution < -0.4 is 10.9 Å². The van der Waals surface area contributed by atoms with Gasteiger partial charge in [-0.1, -0.05) is 31.4 Å². The maximum atomic E-state index is 12.2. The molecule has 3 rings (SSSR count). The molecule has 1 aliphatic carbocycles. The number of hydrogen-bond donors (Lipinski definition) is 2. The van der Waals surface area contributed by atoms with Crippen molar-refractivity contribution in [2.75, 3.05) is 11.6 Å². The molecule has 7 heteroatoms. The highest BCUT2D eigenvalue weighted by Crippen LogP contribution is 2.28. The zero-order valence-corrected chi connectivity index (χ0v) is 14.4. The van der Waals surface area contributed by atoms with Crippen LogP contribution in [0.3, 0.4) is 0 Å². The zero-order valence-electron chi connectivity index (χ0n) is 13.6. The van der Waals surface area contributed by atoms with Crippen LogP contribution in [0.2, 0.25) is 0 Å². The van der Waals surface area contributed by atoms with E-state index in [1.54, 1.807) is 30.5 Å². The first-order valence-corrected chi connectivity index (χ1v) is 9.99. The largest absolute Gasteiger partial charge is 0.377 e. The summed E-state index contributed by atoms with van der Waals surface area (Å²) in [5, 5.41) is 9.72. The van der Waals surface area contributed by atoms with Crippen LogP contribution in [0, 0.1) is 0 Å². The average Bonchev–Trinajstić information content (AvgIpc) is 2.57. The summed E-state index contributed by atoms with van der Waals surface area (Å²) in [6.45, 7) is 0. The van der Waals surface area contributed by atoms with Crippen LogP contribution in [-0.2, 0) is 9.84 Å². The molecule has 0 spiro atoms. The van der Waals surface area contributed by atoms with Crippen molar-refractivity contribution in [3.63, 3.8) is 0 Å². The molecule has 1 aliphatic rings. The van der Waals surface area contributed by atoms with Gasteiger partial charge in [0, 0.05) is 17.9 Å². The highest BCUT2D eigenvalue weighted by Gasteiger charge is 2.18. The molecule has 0 bridgehead atoms. The van der Waals surface area contributed by atoms with Crippen LogP contribution in [0.4, 0.5) is 5.69 Å². The van der Waals surface area contributed by atoms with E-state index >= 15 is 0 Å². The molecule has 0 saturated heterocycles. The standard InChI is InChI=1S/C17H21N3O3S/c1-24(22,23)14-9-7-12(8-10-14)15-11-18-20-17(21)16(15)19-13-5-3-2-4-6-13/h7-11,13H,2-6H2,1H3,(H,18,19)(H,20,21). The first-order valence-electron chi connectivity index (χ1n) is 8.10. The molecule has 1 aromatic heterocycles. The Labute approximate surface area is 141 Å². The monoisotopic (exact) mass is 347 g/mol. The van der Waals surface area contributed by atoms with E-state index in [1.807, 2.05) is 0 Å². The minimum atomic E-state index is -3.24. The zero-order chi connectivity index (χ0) is 17.2. The summed E-state index contributed by atoms with van der Waals surface area (Å²) in [6, 6.07) is 6.81. The van der Waals surface area contributed by atoms with E-state index in [9.17, 15) is 13.2 Å². The van der Waals surface area contributed by atoms with Gasteiger partial charge in [0.25, 0.3) is 5.56 Å². The Hall–Kier alpha value is -2.15. The summed E-state index contributed by atoms with van der Waals surface area (Å²) < 4.78 is 23.2. The van der Waals surface area contributed by atoms with Gasteiger partial charge in [-0.3, -0.25) is 4.79 Å². The molecule has 128 valence electrons. The summed E-state index contributed by atoms with van der Waals surface area (Å²) >= 11 is 0. The van der Waals surface area contributed by atoms with Gasteiger partial charge in [-0.15, -0.1) is 0 Å². The fourth-order valence-electron chi connectivity index (χ4n) is 3.09. The third kappa shape index (κ3) is 3.67. The third-order valence-corrected chi connectivity index (χ3v) is 5.53. The second-order valence-electron chi connectivity index (χ2n) is 6.26. The second-order valence-corrected chi connectivity index (χ2v) is 8.28. The van der Waals surface area contributed by atoms with E-state index in [0.29, 0.717) is 11.3 Å². The van der Waals surface area contributed by atoms with Crippen molar-refractivity contribution < 1.29 is 8.42 Å². The predicted octanol–water partition coefficient (Wildman–Crippen LogP) is 2.59. The number of anilines is 1. The Morgan fingerprint density at radius 2 is 1.79 bits per heavy atom. The number of rotatable bonds is 4. The fraction of sp³-hybridized carbons (Fsp3) is 0.412. The molecule has 1 aromatic carbocycles. The molecule has 0 amide bonds. The molecule has 0 atom stereocenters. The van der Waals surface area contributed by atoms with Gasteiger partial charge in [0.2, 0.25) is 0 Å². The van der Waals surface area contributed by atoms with E-state index in [1.165, 1.54) is 25.5 Å². The van der Waals surface area contributed by atoms with Crippen LogP contribution in [0.25, 0.3) is 11.1 Å². The van der Waals surface area contributed by atoms with E-state index in [2.05, 4.69) is 15.5 Å². The minimum Gasteiger partial charge on any atom is -0.377 e. The molecule has 6 nitrogen and oxygen atoms in total. The maximum Gasteiger partial charge on any atom is 0.288 e. The number of benzene rings is 1. The fourth-order valence-corrected chi connectivity index (χ4v) is 3.72. The Bertz CT molecular complexity index is 867. The van der Waals surface area contributed by atoms with Crippen molar-refractivity contribution in [3.05, 3.63) is 40.8 Å². The molecular formula is C17H21N3O3S. The molecule has 0 aliphatic heterocycles. The van der Waals surface area contributed by atoms with E-state index in [4.69, 9.17) is 0 Å². The Morgan fingerprint density at radius 3 is 2.42 bits per heavy atom. The van der Waals surface area contributed by atoms with Crippen molar-refractivity contribution in [3.8, 4) is 11.1 Å². The van der Waals surface area contributed by atoms with Crippen molar-refractivity contribution in [2.45, 2.75) is 43.0 Å². The summed E-state index contributed by atoms with van der Waals surface area (Å²) in [7, 11) is -3.24. The molecular weight excluding hydrogens is 326 g/mol. The van der Waals surface area contributed by atoms with Crippen molar-refractivity contribution in [2.24, 2.45) is 0 Å². The Balaban J connectivity index is 1.95. The number of hydrogen-bond acceptors (Lipinski definition) is 5. The van der Waals surface area contributed by atoms with E-state index in [-0.39, 0.29) is 16.5 Å². The van der Waals surface area contributed by atoms with Gasteiger partial charge in [-0.25, -0.2) is 13.5 Å². The summed E-state index contributed by atoms with van der Waals surface area (Å²) in [4.78, 5) is 12.5. The maximum absolute atomic E-state index is 12.2. The van der Waals surface area contributed by atoms with Crippen LogP contribution in [0.15, 0.2) is 40.2 Å². The number of H-pyrrole nitrogens is 1. The van der Waals surface area contributed by atoms with Gasteiger partial charge in [0.15, 0.2) is 9.84 Å². The average molecular weight is 347 g/mol. The lowest BCUT2D eigenvalue weighted by Gasteiger charge is -2.24. The predicted molar refractivity (Wildman–Crippen MR) is 93.9 cm³/mol. The molecule has 0 unspecified atom stereocenters. The van der Waals surface area contributed by atoms with Crippen LogP contribution in [-0.4, -0.2) is 30.9 Å². The van der Waals surface area contributed by atoms with Crippen LogP contribution in [0.5, 0.6) is 0 Å². The van der Waals surface area contributed by atoms with Crippen molar-refractivity contribution >= 4 is 15.5 Å². The van der Waals surface area contributed by atoms with Crippen LogP contribution in [0.1, 0.15) is 32.1 Å². The lowest BCUT2D eigenvalue weighted by atomic mass is 9.95. The molecule has 1 saturated carbocycles. The Morgan fingerprint density at radius 1 is 1.12 bits per heavy atom. The molecule has 2 aromatic rings. The lowest BCUT2D eigenvalue weighted by Crippen LogP contribution is -2.27. The summed E-state index contributed by atoms with van der Waals surface area (Å²) in [5.41, 5.74) is 1.69. The number of nitrogens with one attached hydrogen (secondary N) is 2. The number of nitrogens with zero attached hydrogens (tertiary/aromatic N) is 1. The van der Waals surface area contributed by atoms with Gasteiger partial charge >= 0.3 is 0 Å². The molecule has 0 radical (unpaired) electrons. The number of sulfone groups is 1. The van der Waals surface area contributed by atoms with Gasteiger partial charge in [0.05, 0.1) is 11.1 Å². The van der Waals surface area contributed by atoms with Crippen LogP contribution >= 0.6 is 0 Å². The van der Waals surface area contributed by atoms with E-state index < -0.39 is 9.84 Å². The SMILES string of the molecule is CS(=O)(=O)c1ccc(-c2cn[nH]c(=O)c2NC2CCCCC2)cc1. The van der Waals surface area contributed by atoms with E-state index in [0.717, 1.165) is 18.4 Å². The number of aromatic nitrogens is 2. The van der Waals surface area contributed by atoms with Gasteiger partial charge < -0.3 is 5.32 Å². The molecule has 1 fully saturated rings. The number of aromatic amines is 1. The normalized spacial score (nSPS) is 16.0. The van der Waals surface area contributed by atoms with Gasteiger partial charge in [0.1, 0.15) is 5.69 Å². The minimum absolute atomic E-state index is 0.255. The molecule has 24 heavy (non-hydrogen) atoms. The third-order valence-electron chi connectivity index (χ3n) is 4.40. The summed E-state index contributed by atoms with van der Waals surface area (Å²) in [6.07, 6.45) is 8.44. The first kappa shape index (κ1) is 16.7. The quantitative estimate of drug-likeness (QED) is 0.887. The highest BCUT2D eigenvalue weighted by atomic mass is 32.2. The topological polar surface area (TPSA) is 91.9 Å². The highest BCUT2D eigenvalue weighted by molar-refractivity contribution is 7.90.